The molecular weight excluding hydrogens is 436 g/mol. The molecule has 0 radical (unpaired) electrons. The molecule has 7 nitrogen and oxygen atoms in total. The van der Waals surface area contributed by atoms with Crippen LogP contribution in [0.4, 0.5) is 10.8 Å². The molecule has 0 aliphatic carbocycles. The fourth-order valence-electron chi connectivity index (χ4n) is 3.43. The lowest BCUT2D eigenvalue weighted by Crippen LogP contribution is -2.28. The van der Waals surface area contributed by atoms with E-state index in [1.807, 2.05) is 31.2 Å². The normalized spacial score (nSPS) is 15.9. The van der Waals surface area contributed by atoms with Gasteiger partial charge in [-0.15, -0.1) is 10.2 Å². The van der Waals surface area contributed by atoms with E-state index in [2.05, 4.69) is 15.5 Å². The molecule has 0 saturated carbocycles. The lowest BCUT2D eigenvalue weighted by Gasteiger charge is -2.19. The second-order valence-electron chi connectivity index (χ2n) is 7.12. The number of nitrogens with one attached hydrogen (secondary N) is 1. The smallest absolute Gasteiger partial charge is 0.231 e. The molecule has 1 saturated heterocycles. The first kappa shape index (κ1) is 21.3. The van der Waals surface area contributed by atoms with Crippen molar-refractivity contribution in [2.45, 2.75) is 26.4 Å². The monoisotopic (exact) mass is 456 g/mol. The second kappa shape index (κ2) is 9.45. The fourth-order valence-corrected chi connectivity index (χ4v) is 4.22. The van der Waals surface area contributed by atoms with Gasteiger partial charge >= 0.3 is 0 Å². The molecular formula is C22H21ClN4O3S. The van der Waals surface area contributed by atoms with Gasteiger partial charge < -0.3 is 15.0 Å². The molecule has 1 N–H and O–H groups in total. The number of hydrogen-bond acceptors (Lipinski definition) is 6. The summed E-state index contributed by atoms with van der Waals surface area (Å²) < 4.78 is 5.65. The van der Waals surface area contributed by atoms with Crippen LogP contribution in [0.2, 0.25) is 5.02 Å². The molecule has 1 aromatic heterocycles. The van der Waals surface area contributed by atoms with Crippen molar-refractivity contribution in [3.8, 4) is 5.75 Å². The third-order valence-corrected chi connectivity index (χ3v) is 6.10. The Balaban J connectivity index is 1.34. The van der Waals surface area contributed by atoms with Crippen LogP contribution in [0.3, 0.4) is 0 Å². The van der Waals surface area contributed by atoms with Crippen LogP contribution in [0, 0.1) is 5.92 Å². The number of rotatable bonds is 7. The Morgan fingerprint density at radius 1 is 1.23 bits per heavy atom. The Morgan fingerprint density at radius 2 is 2.00 bits per heavy atom. The summed E-state index contributed by atoms with van der Waals surface area (Å²) in [5.74, 6) is -0.0429. The van der Waals surface area contributed by atoms with Crippen molar-refractivity contribution >= 4 is 45.6 Å². The van der Waals surface area contributed by atoms with Crippen LogP contribution in [0.1, 0.15) is 23.9 Å². The Labute approximate surface area is 189 Å². The molecule has 1 atom stereocenters. The van der Waals surface area contributed by atoms with Crippen molar-refractivity contribution in [1.29, 1.82) is 0 Å². The van der Waals surface area contributed by atoms with Gasteiger partial charge in [0.2, 0.25) is 16.9 Å². The highest BCUT2D eigenvalue weighted by Crippen LogP contribution is 2.29. The van der Waals surface area contributed by atoms with Gasteiger partial charge in [0.05, 0.1) is 5.92 Å². The standard InChI is InChI=1S/C22H21ClN4O3S/c1-2-14-5-3-4-6-18(14)27-12-15(11-20(27)28)21(29)24-22-26-25-19(31-22)13-30-17-9-7-16(23)8-10-17/h3-10,15H,2,11-13H2,1H3,(H,24,26,29). The predicted molar refractivity (Wildman–Crippen MR) is 121 cm³/mol. The van der Waals surface area contributed by atoms with Crippen molar-refractivity contribution in [2.24, 2.45) is 5.92 Å². The van der Waals surface area contributed by atoms with E-state index >= 15 is 0 Å². The minimum Gasteiger partial charge on any atom is -0.486 e. The minimum absolute atomic E-state index is 0.0460. The SMILES string of the molecule is CCc1ccccc1N1CC(C(=O)Nc2nnc(COc3ccc(Cl)cc3)s2)CC1=O. The summed E-state index contributed by atoms with van der Waals surface area (Å²) in [5.41, 5.74) is 1.97. The maximum atomic E-state index is 12.7. The first-order valence-electron chi connectivity index (χ1n) is 9.93. The fraction of sp³-hybridized carbons (Fsp3) is 0.273. The molecule has 1 aliphatic heterocycles. The van der Waals surface area contributed by atoms with E-state index in [1.54, 1.807) is 29.2 Å². The van der Waals surface area contributed by atoms with Crippen LogP contribution in [0.25, 0.3) is 0 Å². The second-order valence-corrected chi connectivity index (χ2v) is 8.62. The molecule has 0 spiro atoms. The Bertz CT molecular complexity index is 1090. The van der Waals surface area contributed by atoms with E-state index in [0.717, 1.165) is 17.7 Å². The van der Waals surface area contributed by atoms with Crippen LogP contribution >= 0.6 is 22.9 Å². The van der Waals surface area contributed by atoms with Crippen LogP contribution in [-0.2, 0) is 22.6 Å². The first-order valence-corrected chi connectivity index (χ1v) is 11.1. The van der Waals surface area contributed by atoms with Crippen molar-refractivity contribution in [3.63, 3.8) is 0 Å². The number of nitrogens with zero attached hydrogens (tertiary/aromatic N) is 3. The van der Waals surface area contributed by atoms with Gasteiger partial charge in [-0.1, -0.05) is 48.1 Å². The molecule has 31 heavy (non-hydrogen) atoms. The average molecular weight is 457 g/mol. The van der Waals surface area contributed by atoms with Crippen molar-refractivity contribution in [1.82, 2.24) is 10.2 Å². The number of aryl methyl sites for hydroxylation is 1. The van der Waals surface area contributed by atoms with Crippen LogP contribution < -0.4 is 15.0 Å². The van der Waals surface area contributed by atoms with Gasteiger partial charge in [0.1, 0.15) is 12.4 Å². The zero-order valence-corrected chi connectivity index (χ0v) is 18.4. The van der Waals surface area contributed by atoms with Gasteiger partial charge in [0.15, 0.2) is 5.01 Å². The Hall–Kier alpha value is -2.97. The molecule has 160 valence electrons. The third-order valence-electron chi connectivity index (χ3n) is 5.03. The summed E-state index contributed by atoms with van der Waals surface area (Å²) in [4.78, 5) is 27.0. The lowest BCUT2D eigenvalue weighted by molar-refractivity contribution is -0.122. The number of amides is 2. The molecule has 9 heteroatoms. The molecule has 1 unspecified atom stereocenters. The number of para-hydroxylation sites is 1. The van der Waals surface area contributed by atoms with Crippen molar-refractivity contribution in [2.75, 3.05) is 16.8 Å². The molecule has 3 aromatic rings. The average Bonchev–Trinajstić information content (AvgIpc) is 3.39. The number of carbonyl (C=O) groups excluding carboxylic acids is 2. The summed E-state index contributed by atoms with van der Waals surface area (Å²) in [6, 6.07) is 14.8. The minimum atomic E-state index is -0.435. The number of carbonyl (C=O) groups is 2. The van der Waals surface area contributed by atoms with E-state index in [4.69, 9.17) is 16.3 Å². The Morgan fingerprint density at radius 3 is 2.77 bits per heavy atom. The topological polar surface area (TPSA) is 84.4 Å². The lowest BCUT2D eigenvalue weighted by atomic mass is 10.1. The molecule has 4 rings (SSSR count). The molecule has 0 bridgehead atoms. The molecule has 1 fully saturated rings. The predicted octanol–water partition coefficient (Wildman–Crippen LogP) is 4.32. The molecule has 2 heterocycles. The highest BCUT2D eigenvalue weighted by molar-refractivity contribution is 7.15. The highest BCUT2D eigenvalue weighted by atomic mass is 35.5. The maximum absolute atomic E-state index is 12.7. The number of anilines is 2. The van der Waals surface area contributed by atoms with E-state index in [9.17, 15) is 9.59 Å². The number of benzene rings is 2. The summed E-state index contributed by atoms with van der Waals surface area (Å²) in [5, 5.41) is 12.5. The first-order chi connectivity index (χ1) is 15.0. The van der Waals surface area contributed by atoms with Crippen LogP contribution in [0.15, 0.2) is 48.5 Å². The van der Waals surface area contributed by atoms with Crippen molar-refractivity contribution < 1.29 is 14.3 Å². The molecule has 2 amide bonds. The summed E-state index contributed by atoms with van der Waals surface area (Å²) in [7, 11) is 0. The number of hydrogen-bond donors (Lipinski definition) is 1. The van der Waals surface area contributed by atoms with Gasteiger partial charge in [-0.25, -0.2) is 0 Å². The third kappa shape index (κ3) is 5.03. The van der Waals surface area contributed by atoms with E-state index < -0.39 is 5.92 Å². The summed E-state index contributed by atoms with van der Waals surface area (Å²) in [6.07, 6.45) is 0.998. The van der Waals surface area contributed by atoms with E-state index in [-0.39, 0.29) is 24.8 Å². The van der Waals surface area contributed by atoms with Gasteiger partial charge in [0.25, 0.3) is 0 Å². The number of halogens is 1. The quantitative estimate of drug-likeness (QED) is 0.572. The number of ether oxygens (including phenoxy) is 1. The molecule has 2 aromatic carbocycles. The Kier molecular flexibility index (Phi) is 6.48. The van der Waals surface area contributed by atoms with E-state index in [1.165, 1.54) is 11.3 Å². The number of aromatic nitrogens is 2. The zero-order chi connectivity index (χ0) is 21.8. The zero-order valence-electron chi connectivity index (χ0n) is 16.9. The van der Waals surface area contributed by atoms with Gasteiger partial charge in [-0.3, -0.25) is 9.59 Å². The summed E-state index contributed by atoms with van der Waals surface area (Å²) >= 11 is 7.10. The van der Waals surface area contributed by atoms with E-state index in [0.29, 0.717) is 27.5 Å². The van der Waals surface area contributed by atoms with Crippen LogP contribution in [-0.4, -0.2) is 28.6 Å². The van der Waals surface area contributed by atoms with Gasteiger partial charge in [-0.05, 0) is 42.3 Å². The van der Waals surface area contributed by atoms with Crippen LogP contribution in [0.5, 0.6) is 5.75 Å². The summed E-state index contributed by atoms with van der Waals surface area (Å²) in [6.45, 7) is 2.64. The largest absolute Gasteiger partial charge is 0.486 e. The highest BCUT2D eigenvalue weighted by Gasteiger charge is 2.36. The van der Waals surface area contributed by atoms with Crippen molar-refractivity contribution in [3.05, 3.63) is 64.1 Å². The van der Waals surface area contributed by atoms with Gasteiger partial charge in [0, 0.05) is 23.7 Å². The maximum Gasteiger partial charge on any atom is 0.231 e. The molecule has 1 aliphatic rings. The van der Waals surface area contributed by atoms with Gasteiger partial charge in [-0.2, -0.15) is 0 Å².